The van der Waals surface area contributed by atoms with Crippen LogP contribution < -0.4 is 15.0 Å². The summed E-state index contributed by atoms with van der Waals surface area (Å²) in [5.74, 6) is -0.0286. The van der Waals surface area contributed by atoms with Gasteiger partial charge in [0.15, 0.2) is 23.0 Å². The van der Waals surface area contributed by atoms with Gasteiger partial charge in [0.05, 0.1) is 17.4 Å². The van der Waals surface area contributed by atoms with Gasteiger partial charge in [-0.25, -0.2) is 9.98 Å². The van der Waals surface area contributed by atoms with Gasteiger partial charge in [0.1, 0.15) is 0 Å². The Hall–Kier alpha value is -5.10. The van der Waals surface area contributed by atoms with Gasteiger partial charge in [-0.05, 0) is 54.8 Å². The molecule has 2 unspecified atom stereocenters. The number of unbranched alkanes of at least 4 members (excludes halogenated alkanes) is 3. The Labute approximate surface area is 435 Å². The Kier molecular flexibility index (Phi) is 18.9. The maximum Gasteiger partial charge on any atom is 0.266 e. The van der Waals surface area contributed by atoms with E-state index in [0.29, 0.717) is 28.3 Å². The van der Waals surface area contributed by atoms with Crippen molar-refractivity contribution in [2.24, 2.45) is 21.5 Å². The monoisotopic (exact) mass is 1160 g/mol. The predicted octanol–water partition coefficient (Wildman–Crippen LogP) is 10.1. The number of benzene rings is 2. The number of guanidine groups is 2. The Morgan fingerprint density at radius 2 is 1.06 bits per heavy atom. The van der Waals surface area contributed by atoms with E-state index in [1.807, 2.05) is 80.8 Å². The van der Waals surface area contributed by atoms with Crippen LogP contribution in [0.3, 0.4) is 0 Å². The molecule has 2 aromatic carbocycles. The van der Waals surface area contributed by atoms with Crippen LogP contribution in [0.25, 0.3) is 11.1 Å². The molecule has 0 fully saturated rings. The second kappa shape index (κ2) is 24.3. The fraction of sp³-hybridized carbons (Fsp3) is 0.385. The summed E-state index contributed by atoms with van der Waals surface area (Å²) in [6, 6.07) is 19.2. The summed E-state index contributed by atoms with van der Waals surface area (Å²) in [6.07, 6.45) is 22.3. The molecule has 8 rings (SSSR count). The van der Waals surface area contributed by atoms with E-state index in [2.05, 4.69) is 79.1 Å². The zero-order valence-corrected chi connectivity index (χ0v) is 47.2. The second-order valence-electron chi connectivity index (χ2n) is 17.7. The van der Waals surface area contributed by atoms with Gasteiger partial charge in [-0.2, -0.15) is 10.2 Å². The van der Waals surface area contributed by atoms with Crippen molar-refractivity contribution in [2.75, 3.05) is 14.1 Å². The van der Waals surface area contributed by atoms with Gasteiger partial charge in [0.2, 0.25) is 0 Å². The number of aromatic nitrogens is 6. The number of likely N-dealkylation sites (N-methyl/N-ethyl adjacent to an activating group) is 2. The number of carbonyl (C=O) groups is 2. The van der Waals surface area contributed by atoms with E-state index in [-0.39, 0.29) is 23.7 Å². The molecule has 0 spiro atoms. The van der Waals surface area contributed by atoms with E-state index >= 15 is 0 Å². The molecule has 6 heterocycles. The van der Waals surface area contributed by atoms with Crippen molar-refractivity contribution in [2.45, 2.75) is 111 Å². The van der Waals surface area contributed by atoms with Gasteiger partial charge in [0.25, 0.3) is 11.8 Å². The minimum Gasteiger partial charge on any atom is -0.369 e. The van der Waals surface area contributed by atoms with Crippen molar-refractivity contribution in [1.29, 1.82) is 0 Å². The standard InChI is InChI=1S/C20H19ClN6O.C15H16BrN5O.C5H3ClN.3C4H9.Sn/c1-3-27-12-16(10-24-27)20(18(28)26(2)19(22)25-20)15-6-4-5-13(7-15)14-8-17(21)11-23-9-14;1-3-21-9-11(8-18-21)15(10-5-4-6-12(16)7-10)13(22)20(2)14(17)19-15;6-5-2-1-3-7-4-5;3*1-3-4-2;/h4-12H,3H2,1-2H3,(H2,22,25);4-9H,3H2,1-2H3,(H2,17,19);2-4H;3*1,3-4H2,2H3;. The number of halogens is 3. The Morgan fingerprint density at radius 3 is 1.47 bits per heavy atom. The molecule has 2 aliphatic heterocycles. The minimum atomic E-state index is -2.29. The zero-order valence-electron chi connectivity index (χ0n) is 41.2. The molecule has 0 saturated carbocycles. The molecule has 4 N–H and O–H groups in total. The summed E-state index contributed by atoms with van der Waals surface area (Å²) in [7, 11) is 3.25. The van der Waals surface area contributed by atoms with Crippen molar-refractivity contribution >= 4 is 84.8 Å². The van der Waals surface area contributed by atoms with E-state index in [1.165, 1.54) is 61.6 Å². The summed E-state index contributed by atoms with van der Waals surface area (Å²) >= 11 is 13.5. The van der Waals surface area contributed by atoms with Crippen LogP contribution in [0.4, 0.5) is 0 Å². The molecule has 70 heavy (non-hydrogen) atoms. The molecule has 2 amide bonds. The van der Waals surface area contributed by atoms with Crippen LogP contribution in [0.5, 0.6) is 0 Å². The predicted molar refractivity (Wildman–Crippen MR) is 289 cm³/mol. The molecule has 0 bridgehead atoms. The molecule has 18 heteroatoms. The molecular formula is C52H65BrCl2N12O2Sn. The Balaban J connectivity index is 0.000000176. The average molecular weight is 1160 g/mol. The molecule has 0 saturated heterocycles. The van der Waals surface area contributed by atoms with Crippen LogP contribution in [0, 0.1) is 0 Å². The molecule has 2 atom stereocenters. The molecule has 0 aliphatic carbocycles. The van der Waals surface area contributed by atoms with Crippen LogP contribution >= 0.6 is 39.1 Å². The topological polar surface area (TPSA) is 179 Å². The van der Waals surface area contributed by atoms with E-state index in [0.717, 1.165) is 32.7 Å². The summed E-state index contributed by atoms with van der Waals surface area (Å²) in [5.41, 5.74) is 14.1. The second-order valence-corrected chi connectivity index (χ2v) is 32.8. The smallest absolute Gasteiger partial charge is 0.266 e. The minimum absolute atomic E-state index is 0.170. The van der Waals surface area contributed by atoms with Crippen LogP contribution in [-0.4, -0.2) is 95.5 Å². The fourth-order valence-corrected chi connectivity index (χ4v) is 25.8. The molecule has 0 radical (unpaired) electrons. The molecular weight excluding hydrogens is 1090 g/mol. The van der Waals surface area contributed by atoms with Crippen molar-refractivity contribution < 1.29 is 9.59 Å². The van der Waals surface area contributed by atoms with Crippen LogP contribution in [0.2, 0.25) is 23.4 Å². The first-order valence-electron chi connectivity index (χ1n) is 24.0. The average Bonchev–Trinajstić information content (AvgIpc) is 4.16. The van der Waals surface area contributed by atoms with E-state index in [9.17, 15) is 9.59 Å². The molecule has 4 aromatic heterocycles. The number of carbonyl (C=O) groups excluding carboxylic acids is 2. The number of rotatable bonds is 17. The number of aryl methyl sites for hydroxylation is 2. The van der Waals surface area contributed by atoms with Gasteiger partial charge in [-0.1, -0.05) is 57.9 Å². The van der Waals surface area contributed by atoms with Crippen molar-refractivity contribution in [1.82, 2.24) is 39.3 Å². The quantitative estimate of drug-likeness (QED) is 0.0848. The van der Waals surface area contributed by atoms with Crippen LogP contribution in [0.15, 0.2) is 125 Å². The van der Waals surface area contributed by atoms with Crippen molar-refractivity contribution in [3.63, 3.8) is 0 Å². The molecule has 2 aliphatic rings. The van der Waals surface area contributed by atoms with Crippen molar-refractivity contribution in [3.8, 4) is 11.1 Å². The molecule has 14 nitrogen and oxygen atoms in total. The van der Waals surface area contributed by atoms with E-state index in [4.69, 9.17) is 34.7 Å². The van der Waals surface area contributed by atoms with Gasteiger partial charge in [-0.15, -0.1) is 0 Å². The number of hydrogen-bond donors (Lipinski definition) is 2. The Bertz CT molecular complexity index is 2790. The number of aliphatic imine (C=N–C) groups is 2. The summed E-state index contributed by atoms with van der Waals surface area (Å²) in [4.78, 5) is 46.6. The summed E-state index contributed by atoms with van der Waals surface area (Å²) < 4.78 is 10.4. The van der Waals surface area contributed by atoms with Crippen molar-refractivity contribution in [3.05, 3.63) is 147 Å². The van der Waals surface area contributed by atoms with E-state index < -0.39 is 29.5 Å². The maximum atomic E-state index is 13.3. The number of pyridine rings is 2. The van der Waals surface area contributed by atoms with Crippen LogP contribution in [0.1, 0.15) is 95.4 Å². The first-order chi connectivity index (χ1) is 33.6. The number of amides is 2. The zero-order chi connectivity index (χ0) is 50.6. The number of nitrogens with two attached hydrogens (primary N) is 2. The maximum absolute atomic E-state index is 13.3. The van der Waals surface area contributed by atoms with Gasteiger partial charge in [-0.3, -0.25) is 33.7 Å². The number of nitrogens with zero attached hydrogens (tertiary/aromatic N) is 10. The van der Waals surface area contributed by atoms with Crippen LogP contribution in [-0.2, 0) is 33.8 Å². The largest absolute Gasteiger partial charge is 0.369 e. The molecule has 370 valence electrons. The van der Waals surface area contributed by atoms with Gasteiger partial charge >= 0.3 is 135 Å². The fourth-order valence-electron chi connectivity index (χ4n) is 9.08. The third-order valence-corrected chi connectivity index (χ3v) is 29.5. The Morgan fingerprint density at radius 1 is 0.586 bits per heavy atom. The van der Waals surface area contributed by atoms with E-state index in [1.54, 1.807) is 58.0 Å². The first-order valence-corrected chi connectivity index (χ1v) is 33.1. The van der Waals surface area contributed by atoms with Gasteiger partial charge in [0, 0.05) is 73.1 Å². The first kappa shape index (κ1) is 54.2. The summed E-state index contributed by atoms with van der Waals surface area (Å²) in [6.45, 7) is 12.3. The third kappa shape index (κ3) is 11.6. The third-order valence-electron chi connectivity index (χ3n) is 13.1. The van der Waals surface area contributed by atoms with Gasteiger partial charge < -0.3 is 11.5 Å². The normalized spacial score (nSPS) is 17.7. The molecule has 6 aromatic rings. The SMILES string of the molecule is CCC[CH2][Sn]([CH2]CCC)([CH2]CCC)[c]1cncc(Cl)c1.CCn1cc(C2(c3cccc(-c4cncc(Cl)c4)c3)N=C(N)N(C)C2=O)cn1.CCn1cc(C2(c3cccc(Br)c3)N=C(N)N(C)C2=O)cn1. The number of hydrogen-bond acceptors (Lipinski definition) is 10. The summed E-state index contributed by atoms with van der Waals surface area (Å²) in [5, 5.41) is 9.99.